The van der Waals surface area contributed by atoms with Crippen LogP contribution >= 0.6 is 0 Å². The second kappa shape index (κ2) is 6.89. The normalized spacial score (nSPS) is 18.9. The van der Waals surface area contributed by atoms with Crippen molar-refractivity contribution in [1.82, 2.24) is 4.90 Å². The second-order valence-corrected chi connectivity index (χ2v) is 5.80. The number of rotatable bonds is 4. The first-order chi connectivity index (χ1) is 9.58. The average Bonchev–Trinajstić information content (AvgIpc) is 2.48. The molecule has 0 N–H and O–H groups in total. The SMILES string of the molecule is Cc1ccc(C(=O)N(C)CCC2CCCCO2)cc1C. The van der Waals surface area contributed by atoms with Crippen molar-refractivity contribution in [2.45, 2.75) is 45.6 Å². The van der Waals surface area contributed by atoms with Crippen molar-refractivity contribution in [2.75, 3.05) is 20.2 Å². The lowest BCUT2D eigenvalue weighted by Crippen LogP contribution is -2.31. The van der Waals surface area contributed by atoms with Gasteiger partial charge in [-0.2, -0.15) is 0 Å². The van der Waals surface area contributed by atoms with Gasteiger partial charge in [0.1, 0.15) is 0 Å². The zero-order chi connectivity index (χ0) is 14.5. The molecule has 1 unspecified atom stereocenters. The molecule has 1 atom stereocenters. The molecule has 1 aromatic rings. The van der Waals surface area contributed by atoms with Crippen molar-refractivity contribution in [3.63, 3.8) is 0 Å². The van der Waals surface area contributed by atoms with Gasteiger partial charge in [-0.05, 0) is 62.8 Å². The van der Waals surface area contributed by atoms with Crippen molar-refractivity contribution in [3.05, 3.63) is 34.9 Å². The molecule has 0 bridgehead atoms. The van der Waals surface area contributed by atoms with Gasteiger partial charge >= 0.3 is 0 Å². The lowest BCUT2D eigenvalue weighted by atomic mass is 10.0. The third-order valence-corrected chi connectivity index (χ3v) is 4.16. The summed E-state index contributed by atoms with van der Waals surface area (Å²) in [5, 5.41) is 0. The van der Waals surface area contributed by atoms with E-state index < -0.39 is 0 Å². The Balaban J connectivity index is 1.89. The molecule has 20 heavy (non-hydrogen) atoms. The highest BCUT2D eigenvalue weighted by atomic mass is 16.5. The Hall–Kier alpha value is -1.35. The van der Waals surface area contributed by atoms with Gasteiger partial charge in [0.05, 0.1) is 6.10 Å². The minimum Gasteiger partial charge on any atom is -0.378 e. The third kappa shape index (κ3) is 3.83. The van der Waals surface area contributed by atoms with E-state index in [-0.39, 0.29) is 5.91 Å². The van der Waals surface area contributed by atoms with E-state index in [4.69, 9.17) is 4.74 Å². The fourth-order valence-corrected chi connectivity index (χ4v) is 2.57. The fourth-order valence-electron chi connectivity index (χ4n) is 2.57. The van der Waals surface area contributed by atoms with Crippen molar-refractivity contribution in [2.24, 2.45) is 0 Å². The molecule has 1 saturated heterocycles. The number of benzene rings is 1. The van der Waals surface area contributed by atoms with E-state index in [0.29, 0.717) is 6.10 Å². The van der Waals surface area contributed by atoms with Gasteiger partial charge in [-0.25, -0.2) is 0 Å². The van der Waals surface area contributed by atoms with Crippen LogP contribution in [0.4, 0.5) is 0 Å². The van der Waals surface area contributed by atoms with Crippen LogP contribution in [0.2, 0.25) is 0 Å². The minimum absolute atomic E-state index is 0.101. The number of hydrogen-bond acceptors (Lipinski definition) is 2. The van der Waals surface area contributed by atoms with Gasteiger partial charge < -0.3 is 9.64 Å². The first-order valence-corrected chi connectivity index (χ1v) is 7.52. The summed E-state index contributed by atoms with van der Waals surface area (Å²) < 4.78 is 5.71. The van der Waals surface area contributed by atoms with Crippen molar-refractivity contribution in [3.8, 4) is 0 Å². The van der Waals surface area contributed by atoms with Crippen LogP contribution in [0.15, 0.2) is 18.2 Å². The van der Waals surface area contributed by atoms with Gasteiger partial charge in [-0.1, -0.05) is 6.07 Å². The molecular weight excluding hydrogens is 250 g/mol. The van der Waals surface area contributed by atoms with Crippen LogP contribution in [0.3, 0.4) is 0 Å². The van der Waals surface area contributed by atoms with Crippen LogP contribution < -0.4 is 0 Å². The van der Waals surface area contributed by atoms with Gasteiger partial charge in [0, 0.05) is 25.8 Å². The number of hydrogen-bond donors (Lipinski definition) is 0. The highest BCUT2D eigenvalue weighted by molar-refractivity contribution is 5.94. The first-order valence-electron chi connectivity index (χ1n) is 7.52. The molecule has 0 aromatic heterocycles. The molecule has 0 saturated carbocycles. The van der Waals surface area contributed by atoms with E-state index >= 15 is 0 Å². The molecule has 3 nitrogen and oxygen atoms in total. The van der Waals surface area contributed by atoms with Crippen LogP contribution in [-0.4, -0.2) is 37.1 Å². The Kier molecular flexibility index (Phi) is 5.18. The number of nitrogens with zero attached hydrogens (tertiary/aromatic N) is 1. The standard InChI is InChI=1S/C17H25NO2/c1-13-7-8-15(12-14(13)2)17(19)18(3)10-9-16-6-4-5-11-20-16/h7-8,12,16H,4-6,9-11H2,1-3H3. The Morgan fingerprint density at radius 3 is 2.75 bits per heavy atom. The summed E-state index contributed by atoms with van der Waals surface area (Å²) in [5.41, 5.74) is 3.17. The lowest BCUT2D eigenvalue weighted by molar-refractivity contribution is 0.00709. The van der Waals surface area contributed by atoms with E-state index in [0.717, 1.165) is 31.6 Å². The highest BCUT2D eigenvalue weighted by Crippen LogP contribution is 2.17. The average molecular weight is 275 g/mol. The zero-order valence-corrected chi connectivity index (χ0v) is 12.8. The molecule has 1 aliphatic rings. The van der Waals surface area contributed by atoms with Gasteiger partial charge in [0.2, 0.25) is 0 Å². The number of carbonyl (C=O) groups is 1. The molecule has 1 fully saturated rings. The van der Waals surface area contributed by atoms with Gasteiger partial charge in [0.15, 0.2) is 0 Å². The summed E-state index contributed by atoms with van der Waals surface area (Å²) in [6.45, 7) is 5.74. The molecule has 0 aliphatic carbocycles. The molecule has 3 heteroatoms. The van der Waals surface area contributed by atoms with Gasteiger partial charge in [0.25, 0.3) is 5.91 Å². The van der Waals surface area contributed by atoms with E-state index in [1.165, 1.54) is 24.0 Å². The van der Waals surface area contributed by atoms with Crippen LogP contribution in [-0.2, 0) is 4.74 Å². The summed E-state index contributed by atoms with van der Waals surface area (Å²) in [5.74, 6) is 0.101. The fraction of sp³-hybridized carbons (Fsp3) is 0.588. The molecule has 0 spiro atoms. The smallest absolute Gasteiger partial charge is 0.253 e. The molecular formula is C17H25NO2. The largest absolute Gasteiger partial charge is 0.378 e. The second-order valence-electron chi connectivity index (χ2n) is 5.80. The molecule has 1 aromatic carbocycles. The van der Waals surface area contributed by atoms with Crippen molar-refractivity contribution >= 4 is 5.91 Å². The third-order valence-electron chi connectivity index (χ3n) is 4.16. The van der Waals surface area contributed by atoms with Gasteiger partial charge in [-0.15, -0.1) is 0 Å². The first kappa shape index (κ1) is 15.0. The topological polar surface area (TPSA) is 29.5 Å². The Bertz CT molecular complexity index is 464. The van der Waals surface area contributed by atoms with E-state index in [1.54, 1.807) is 0 Å². The number of ether oxygens (including phenoxy) is 1. The van der Waals surface area contributed by atoms with Crippen LogP contribution in [0.5, 0.6) is 0 Å². The zero-order valence-electron chi connectivity index (χ0n) is 12.8. The van der Waals surface area contributed by atoms with Crippen LogP contribution in [0, 0.1) is 13.8 Å². The summed E-state index contributed by atoms with van der Waals surface area (Å²) in [7, 11) is 1.88. The van der Waals surface area contributed by atoms with Gasteiger partial charge in [-0.3, -0.25) is 4.79 Å². The molecule has 0 radical (unpaired) electrons. The number of carbonyl (C=O) groups excluding carboxylic acids is 1. The quantitative estimate of drug-likeness (QED) is 0.843. The molecule has 1 amide bonds. The Labute approximate surface area is 121 Å². The predicted octanol–water partition coefficient (Wildman–Crippen LogP) is 3.33. The summed E-state index contributed by atoms with van der Waals surface area (Å²) in [4.78, 5) is 14.2. The summed E-state index contributed by atoms with van der Waals surface area (Å²) in [6, 6.07) is 5.91. The maximum absolute atomic E-state index is 12.4. The van der Waals surface area contributed by atoms with E-state index in [9.17, 15) is 4.79 Å². The Morgan fingerprint density at radius 2 is 2.10 bits per heavy atom. The number of amides is 1. The Morgan fingerprint density at radius 1 is 1.30 bits per heavy atom. The highest BCUT2D eigenvalue weighted by Gasteiger charge is 2.17. The molecule has 110 valence electrons. The number of aryl methyl sites for hydroxylation is 2. The van der Waals surface area contributed by atoms with E-state index in [2.05, 4.69) is 6.92 Å². The summed E-state index contributed by atoms with van der Waals surface area (Å²) >= 11 is 0. The maximum Gasteiger partial charge on any atom is 0.253 e. The molecule has 2 rings (SSSR count). The summed E-state index contributed by atoms with van der Waals surface area (Å²) in [6.07, 6.45) is 4.82. The van der Waals surface area contributed by atoms with Crippen molar-refractivity contribution < 1.29 is 9.53 Å². The van der Waals surface area contributed by atoms with Crippen LogP contribution in [0.1, 0.15) is 47.2 Å². The monoisotopic (exact) mass is 275 g/mol. The lowest BCUT2D eigenvalue weighted by Gasteiger charge is -2.25. The molecule has 1 heterocycles. The maximum atomic E-state index is 12.4. The predicted molar refractivity (Wildman–Crippen MR) is 81.1 cm³/mol. The van der Waals surface area contributed by atoms with Crippen molar-refractivity contribution in [1.29, 1.82) is 0 Å². The molecule has 1 aliphatic heterocycles. The minimum atomic E-state index is 0.101. The van der Waals surface area contributed by atoms with Crippen LogP contribution in [0.25, 0.3) is 0 Å². The van der Waals surface area contributed by atoms with E-state index in [1.807, 2.05) is 37.1 Å².